The van der Waals surface area contributed by atoms with Gasteiger partial charge in [0.2, 0.25) is 0 Å². The van der Waals surface area contributed by atoms with Crippen LogP contribution in [0.2, 0.25) is 0 Å². The molecule has 2 rings (SSSR count). The number of alkyl halides is 1. The van der Waals surface area contributed by atoms with Gasteiger partial charge in [-0.1, -0.05) is 12.1 Å². The number of nitrogens with zero attached hydrogens (tertiary/aromatic N) is 4. The molecule has 1 heterocycles. The van der Waals surface area contributed by atoms with E-state index in [2.05, 4.69) is 10.2 Å². The molecule has 6 nitrogen and oxygen atoms in total. The molecule has 7 heteroatoms. The van der Waals surface area contributed by atoms with Crippen molar-refractivity contribution < 1.29 is 4.92 Å². The van der Waals surface area contributed by atoms with E-state index in [9.17, 15) is 10.1 Å². The third kappa shape index (κ3) is 2.12. The highest BCUT2D eigenvalue weighted by atomic mass is 35.5. The SMILES string of the molecule is Cn1c(CCl)nnc1-c1cccc([N+](=O)[O-])c1. The van der Waals surface area contributed by atoms with E-state index in [1.165, 1.54) is 12.1 Å². The highest BCUT2D eigenvalue weighted by Gasteiger charge is 2.13. The minimum atomic E-state index is -0.442. The fourth-order valence-corrected chi connectivity index (χ4v) is 1.72. The van der Waals surface area contributed by atoms with Gasteiger partial charge in [-0.25, -0.2) is 0 Å². The number of benzene rings is 1. The minimum Gasteiger partial charge on any atom is -0.313 e. The maximum absolute atomic E-state index is 10.7. The maximum Gasteiger partial charge on any atom is 0.270 e. The Morgan fingerprint density at radius 2 is 2.24 bits per heavy atom. The van der Waals surface area contributed by atoms with Gasteiger partial charge in [-0.05, 0) is 0 Å². The second kappa shape index (κ2) is 4.50. The molecule has 2 aromatic rings. The molecule has 88 valence electrons. The van der Waals surface area contributed by atoms with Crippen molar-refractivity contribution in [2.24, 2.45) is 7.05 Å². The zero-order valence-corrected chi connectivity index (χ0v) is 9.76. The Kier molecular flexibility index (Phi) is 3.06. The van der Waals surface area contributed by atoms with Crippen molar-refractivity contribution in [2.45, 2.75) is 5.88 Å². The lowest BCUT2D eigenvalue weighted by Gasteiger charge is -2.01. The molecule has 0 fully saturated rings. The summed E-state index contributed by atoms with van der Waals surface area (Å²) < 4.78 is 1.71. The molecular weight excluding hydrogens is 244 g/mol. The number of hydrogen-bond acceptors (Lipinski definition) is 4. The monoisotopic (exact) mass is 252 g/mol. The second-order valence-electron chi connectivity index (χ2n) is 3.44. The van der Waals surface area contributed by atoms with Crippen LogP contribution in [-0.2, 0) is 12.9 Å². The zero-order chi connectivity index (χ0) is 12.4. The molecular formula is C10H9ClN4O2. The van der Waals surface area contributed by atoms with Crippen molar-refractivity contribution in [2.75, 3.05) is 0 Å². The molecule has 0 aliphatic heterocycles. The van der Waals surface area contributed by atoms with Gasteiger partial charge in [-0.15, -0.1) is 21.8 Å². The molecule has 0 saturated carbocycles. The summed E-state index contributed by atoms with van der Waals surface area (Å²) >= 11 is 5.68. The molecule has 17 heavy (non-hydrogen) atoms. The van der Waals surface area contributed by atoms with E-state index in [-0.39, 0.29) is 11.6 Å². The summed E-state index contributed by atoms with van der Waals surface area (Å²) in [7, 11) is 1.77. The van der Waals surface area contributed by atoms with Crippen molar-refractivity contribution in [3.8, 4) is 11.4 Å². The Morgan fingerprint density at radius 1 is 1.47 bits per heavy atom. The topological polar surface area (TPSA) is 73.8 Å². The van der Waals surface area contributed by atoms with Crippen LogP contribution >= 0.6 is 11.6 Å². The average Bonchev–Trinajstić information content (AvgIpc) is 2.70. The van der Waals surface area contributed by atoms with E-state index in [0.717, 1.165) is 0 Å². The first-order chi connectivity index (χ1) is 8.13. The number of hydrogen-bond donors (Lipinski definition) is 0. The molecule has 0 saturated heterocycles. The Balaban J connectivity index is 2.49. The van der Waals surface area contributed by atoms with Gasteiger partial charge in [0.1, 0.15) is 5.82 Å². The normalized spacial score (nSPS) is 10.5. The van der Waals surface area contributed by atoms with Crippen LogP contribution in [0.1, 0.15) is 5.82 Å². The minimum absolute atomic E-state index is 0.0259. The van der Waals surface area contributed by atoms with Crippen LogP contribution in [0.5, 0.6) is 0 Å². The molecule has 0 unspecified atom stereocenters. The third-order valence-corrected chi connectivity index (χ3v) is 2.64. The molecule has 0 aliphatic carbocycles. The van der Waals surface area contributed by atoms with Crippen molar-refractivity contribution in [1.82, 2.24) is 14.8 Å². The molecule has 0 N–H and O–H groups in total. The molecule has 1 aromatic heterocycles. The average molecular weight is 253 g/mol. The number of non-ortho nitro benzene ring substituents is 1. The van der Waals surface area contributed by atoms with Gasteiger partial charge in [0.05, 0.1) is 10.8 Å². The Hall–Kier alpha value is -1.95. The summed E-state index contributed by atoms with van der Waals surface area (Å²) in [5, 5.41) is 18.5. The van der Waals surface area contributed by atoms with Crippen LogP contribution in [0.4, 0.5) is 5.69 Å². The van der Waals surface area contributed by atoms with E-state index in [1.807, 2.05) is 0 Å². The molecule has 0 spiro atoms. The van der Waals surface area contributed by atoms with Gasteiger partial charge in [-0.3, -0.25) is 10.1 Å². The van der Waals surface area contributed by atoms with Gasteiger partial charge in [-0.2, -0.15) is 0 Å². The van der Waals surface area contributed by atoms with E-state index < -0.39 is 4.92 Å². The predicted molar refractivity (Wildman–Crippen MR) is 62.7 cm³/mol. The quantitative estimate of drug-likeness (QED) is 0.476. The van der Waals surface area contributed by atoms with E-state index in [0.29, 0.717) is 17.2 Å². The molecule has 0 atom stereocenters. The van der Waals surface area contributed by atoms with Crippen molar-refractivity contribution in [1.29, 1.82) is 0 Å². The first-order valence-corrected chi connectivity index (χ1v) is 5.36. The number of nitro benzene ring substituents is 1. The fraction of sp³-hybridized carbons (Fsp3) is 0.200. The molecule has 1 aromatic carbocycles. The van der Waals surface area contributed by atoms with Crippen LogP contribution in [0, 0.1) is 10.1 Å². The summed E-state index contributed by atoms with van der Waals surface area (Å²) in [5.41, 5.74) is 0.670. The van der Waals surface area contributed by atoms with Gasteiger partial charge < -0.3 is 4.57 Å². The van der Waals surface area contributed by atoms with Crippen LogP contribution in [0.15, 0.2) is 24.3 Å². The number of aromatic nitrogens is 3. The molecule has 0 amide bonds. The van der Waals surface area contributed by atoms with E-state index in [1.54, 1.807) is 23.7 Å². The lowest BCUT2D eigenvalue weighted by Crippen LogP contribution is -1.97. The first kappa shape index (κ1) is 11.5. The summed E-state index contributed by atoms with van der Waals surface area (Å²) in [4.78, 5) is 10.2. The molecule has 0 radical (unpaired) electrons. The molecule has 0 bridgehead atoms. The summed E-state index contributed by atoms with van der Waals surface area (Å²) in [6.07, 6.45) is 0. The van der Waals surface area contributed by atoms with Crippen LogP contribution in [-0.4, -0.2) is 19.7 Å². The number of halogens is 1. The van der Waals surface area contributed by atoms with Crippen molar-refractivity contribution in [3.63, 3.8) is 0 Å². The summed E-state index contributed by atoms with van der Waals surface area (Å²) in [6.45, 7) is 0. The van der Waals surface area contributed by atoms with Crippen LogP contribution in [0.3, 0.4) is 0 Å². The first-order valence-electron chi connectivity index (χ1n) is 4.82. The number of rotatable bonds is 3. The lowest BCUT2D eigenvalue weighted by atomic mass is 10.2. The summed E-state index contributed by atoms with van der Waals surface area (Å²) in [6, 6.07) is 6.25. The van der Waals surface area contributed by atoms with Crippen LogP contribution in [0.25, 0.3) is 11.4 Å². The predicted octanol–water partition coefficient (Wildman–Crippen LogP) is 2.13. The maximum atomic E-state index is 10.7. The van der Waals surface area contributed by atoms with Gasteiger partial charge in [0.25, 0.3) is 5.69 Å². The van der Waals surface area contributed by atoms with Crippen LogP contribution < -0.4 is 0 Å². The Labute approximate surface area is 102 Å². The van der Waals surface area contributed by atoms with Gasteiger partial charge in [0.15, 0.2) is 5.82 Å². The van der Waals surface area contributed by atoms with Gasteiger partial charge >= 0.3 is 0 Å². The van der Waals surface area contributed by atoms with Crippen molar-refractivity contribution in [3.05, 3.63) is 40.2 Å². The number of nitro groups is 1. The third-order valence-electron chi connectivity index (χ3n) is 2.40. The largest absolute Gasteiger partial charge is 0.313 e. The zero-order valence-electron chi connectivity index (χ0n) is 9.00. The molecule has 0 aliphatic rings. The Morgan fingerprint density at radius 3 is 2.82 bits per heavy atom. The van der Waals surface area contributed by atoms with E-state index in [4.69, 9.17) is 11.6 Å². The smallest absolute Gasteiger partial charge is 0.270 e. The standard InChI is InChI=1S/C10H9ClN4O2/c1-14-9(6-11)12-13-10(14)7-3-2-4-8(5-7)15(16)17/h2-5H,6H2,1H3. The van der Waals surface area contributed by atoms with Crippen molar-refractivity contribution >= 4 is 17.3 Å². The highest BCUT2D eigenvalue weighted by molar-refractivity contribution is 6.16. The Bertz CT molecular complexity index is 567. The fourth-order valence-electron chi connectivity index (χ4n) is 1.49. The van der Waals surface area contributed by atoms with Gasteiger partial charge in [0, 0.05) is 24.7 Å². The summed E-state index contributed by atoms with van der Waals surface area (Å²) in [5.74, 6) is 1.43. The van der Waals surface area contributed by atoms with E-state index >= 15 is 0 Å². The highest BCUT2D eigenvalue weighted by Crippen LogP contribution is 2.22. The second-order valence-corrected chi connectivity index (χ2v) is 3.71. The lowest BCUT2D eigenvalue weighted by molar-refractivity contribution is -0.384.